The summed E-state index contributed by atoms with van der Waals surface area (Å²) in [4.78, 5) is 16.2. The van der Waals surface area contributed by atoms with E-state index in [2.05, 4.69) is 15.6 Å². The number of carbonyl (C=O) groups is 1. The van der Waals surface area contributed by atoms with Crippen molar-refractivity contribution in [3.63, 3.8) is 0 Å². The molecule has 0 radical (unpaired) electrons. The molecule has 2 N–H and O–H groups in total. The van der Waals surface area contributed by atoms with Gasteiger partial charge < -0.3 is 15.1 Å². The molecular weight excluding hydrogens is 254 g/mol. The number of amides is 1. The number of nitrogens with one attached hydrogen (secondary N) is 2. The standard InChI is InChI=1S/C15H19N3O2/c1-11(5-6-12-4-3-9-20-12)18-15(19)13-7-8-17-10-14(13)16-2/h3-4,7-11,16H,5-6H2,1-2H3,(H,18,19). The van der Waals surface area contributed by atoms with Crippen LogP contribution in [0.2, 0.25) is 0 Å². The van der Waals surface area contributed by atoms with Crippen LogP contribution in [0.15, 0.2) is 41.3 Å². The number of aryl methyl sites for hydroxylation is 1. The fourth-order valence-corrected chi connectivity index (χ4v) is 1.98. The third-order valence-electron chi connectivity index (χ3n) is 3.12. The highest BCUT2D eigenvalue weighted by Crippen LogP contribution is 2.13. The second kappa shape index (κ2) is 6.75. The topological polar surface area (TPSA) is 67.2 Å². The summed E-state index contributed by atoms with van der Waals surface area (Å²) in [5, 5.41) is 5.95. The van der Waals surface area contributed by atoms with Gasteiger partial charge in [0.1, 0.15) is 5.76 Å². The van der Waals surface area contributed by atoms with E-state index in [4.69, 9.17) is 4.42 Å². The second-order valence-electron chi connectivity index (χ2n) is 4.66. The first-order valence-electron chi connectivity index (χ1n) is 6.65. The number of hydrogen-bond acceptors (Lipinski definition) is 4. The molecule has 0 spiro atoms. The molecule has 0 saturated carbocycles. The van der Waals surface area contributed by atoms with E-state index in [-0.39, 0.29) is 11.9 Å². The van der Waals surface area contributed by atoms with Crippen LogP contribution >= 0.6 is 0 Å². The minimum absolute atomic E-state index is 0.0745. The minimum Gasteiger partial charge on any atom is -0.469 e. The predicted octanol–water partition coefficient (Wildman–Crippen LogP) is 2.47. The lowest BCUT2D eigenvalue weighted by Crippen LogP contribution is -2.33. The quantitative estimate of drug-likeness (QED) is 0.848. The van der Waals surface area contributed by atoms with E-state index >= 15 is 0 Å². The lowest BCUT2D eigenvalue weighted by molar-refractivity contribution is 0.0939. The molecule has 5 nitrogen and oxygen atoms in total. The maximum Gasteiger partial charge on any atom is 0.253 e. The number of hydrogen-bond donors (Lipinski definition) is 2. The zero-order valence-corrected chi connectivity index (χ0v) is 11.7. The molecule has 5 heteroatoms. The van der Waals surface area contributed by atoms with Crippen molar-refractivity contribution < 1.29 is 9.21 Å². The first-order valence-corrected chi connectivity index (χ1v) is 6.65. The largest absolute Gasteiger partial charge is 0.469 e. The number of furan rings is 1. The van der Waals surface area contributed by atoms with Crippen LogP contribution in [0.3, 0.4) is 0 Å². The van der Waals surface area contributed by atoms with Crippen LogP contribution in [-0.2, 0) is 6.42 Å². The average Bonchev–Trinajstić information content (AvgIpc) is 2.98. The molecule has 106 valence electrons. The summed E-state index contributed by atoms with van der Waals surface area (Å²) in [5.41, 5.74) is 1.33. The van der Waals surface area contributed by atoms with Crippen molar-refractivity contribution in [1.82, 2.24) is 10.3 Å². The van der Waals surface area contributed by atoms with Crippen molar-refractivity contribution in [2.24, 2.45) is 0 Å². The SMILES string of the molecule is CNc1cnccc1C(=O)NC(C)CCc1ccco1. The lowest BCUT2D eigenvalue weighted by atomic mass is 10.1. The van der Waals surface area contributed by atoms with E-state index in [0.29, 0.717) is 5.56 Å². The summed E-state index contributed by atoms with van der Waals surface area (Å²) in [5.74, 6) is 0.842. The van der Waals surface area contributed by atoms with E-state index in [9.17, 15) is 4.79 Å². The van der Waals surface area contributed by atoms with Gasteiger partial charge in [-0.25, -0.2) is 0 Å². The smallest absolute Gasteiger partial charge is 0.253 e. The molecule has 0 aromatic carbocycles. The normalized spacial score (nSPS) is 11.9. The van der Waals surface area contributed by atoms with Crippen LogP contribution in [0.1, 0.15) is 29.5 Å². The molecule has 2 rings (SSSR count). The summed E-state index contributed by atoms with van der Waals surface area (Å²) in [6, 6.07) is 5.59. The van der Waals surface area contributed by atoms with Crippen LogP contribution in [0.25, 0.3) is 0 Å². The van der Waals surface area contributed by atoms with Gasteiger partial charge in [-0.15, -0.1) is 0 Å². The minimum atomic E-state index is -0.0938. The van der Waals surface area contributed by atoms with Crippen LogP contribution in [0.5, 0.6) is 0 Å². The molecule has 0 bridgehead atoms. The molecule has 1 unspecified atom stereocenters. The average molecular weight is 273 g/mol. The molecule has 0 aliphatic rings. The van der Waals surface area contributed by atoms with Crippen molar-refractivity contribution in [3.8, 4) is 0 Å². The number of nitrogens with zero attached hydrogens (tertiary/aromatic N) is 1. The Morgan fingerprint density at radius 2 is 2.30 bits per heavy atom. The number of carbonyl (C=O) groups excluding carboxylic acids is 1. The molecule has 2 aromatic heterocycles. The van der Waals surface area contributed by atoms with Crippen LogP contribution in [0.4, 0.5) is 5.69 Å². The summed E-state index contributed by atoms with van der Waals surface area (Å²) in [6.07, 6.45) is 6.56. The molecule has 1 atom stereocenters. The van der Waals surface area contributed by atoms with Crippen LogP contribution in [-0.4, -0.2) is 24.0 Å². The lowest BCUT2D eigenvalue weighted by Gasteiger charge is -2.14. The fraction of sp³-hybridized carbons (Fsp3) is 0.333. The molecule has 2 heterocycles. The summed E-state index contributed by atoms with van der Waals surface area (Å²) in [6.45, 7) is 1.99. The highest BCUT2D eigenvalue weighted by atomic mass is 16.3. The Balaban J connectivity index is 1.90. The third-order valence-corrected chi connectivity index (χ3v) is 3.12. The Bertz CT molecular complexity index is 552. The van der Waals surface area contributed by atoms with Gasteiger partial charge in [-0.3, -0.25) is 9.78 Å². The molecule has 0 aliphatic carbocycles. The van der Waals surface area contributed by atoms with Gasteiger partial charge in [0.15, 0.2) is 0 Å². The van der Waals surface area contributed by atoms with Gasteiger partial charge in [0, 0.05) is 25.7 Å². The molecule has 2 aromatic rings. The highest BCUT2D eigenvalue weighted by Gasteiger charge is 2.13. The Labute approximate surface area is 118 Å². The predicted molar refractivity (Wildman–Crippen MR) is 77.7 cm³/mol. The molecule has 0 fully saturated rings. The molecule has 20 heavy (non-hydrogen) atoms. The van der Waals surface area contributed by atoms with Crippen LogP contribution in [0, 0.1) is 0 Å². The van der Waals surface area contributed by atoms with Gasteiger partial charge >= 0.3 is 0 Å². The Kier molecular flexibility index (Phi) is 4.76. The maximum atomic E-state index is 12.2. The Hall–Kier alpha value is -2.30. The van der Waals surface area contributed by atoms with Gasteiger partial charge in [-0.05, 0) is 31.5 Å². The molecule has 1 amide bonds. The van der Waals surface area contributed by atoms with Crippen LogP contribution < -0.4 is 10.6 Å². The van der Waals surface area contributed by atoms with Gasteiger partial charge in [0.2, 0.25) is 0 Å². The van der Waals surface area contributed by atoms with Gasteiger partial charge in [-0.1, -0.05) is 0 Å². The third kappa shape index (κ3) is 3.60. The van der Waals surface area contributed by atoms with Gasteiger partial charge in [0.25, 0.3) is 5.91 Å². The summed E-state index contributed by atoms with van der Waals surface area (Å²) in [7, 11) is 1.77. The number of pyridine rings is 1. The van der Waals surface area contributed by atoms with Crippen molar-refractivity contribution in [3.05, 3.63) is 48.2 Å². The first-order chi connectivity index (χ1) is 9.70. The number of anilines is 1. The number of aromatic nitrogens is 1. The van der Waals surface area contributed by atoms with Gasteiger partial charge in [0.05, 0.1) is 23.7 Å². The monoisotopic (exact) mass is 273 g/mol. The summed E-state index contributed by atoms with van der Waals surface area (Å²) >= 11 is 0. The van der Waals surface area contributed by atoms with Crippen molar-refractivity contribution >= 4 is 11.6 Å². The van der Waals surface area contributed by atoms with Gasteiger partial charge in [-0.2, -0.15) is 0 Å². The molecular formula is C15H19N3O2. The van der Waals surface area contributed by atoms with E-state index < -0.39 is 0 Å². The highest BCUT2D eigenvalue weighted by molar-refractivity contribution is 5.99. The van der Waals surface area contributed by atoms with E-state index in [1.807, 2.05) is 19.1 Å². The summed E-state index contributed by atoms with van der Waals surface area (Å²) < 4.78 is 5.28. The van der Waals surface area contributed by atoms with Crippen molar-refractivity contribution in [2.45, 2.75) is 25.8 Å². The van der Waals surface area contributed by atoms with E-state index in [0.717, 1.165) is 24.3 Å². The fourth-order valence-electron chi connectivity index (χ4n) is 1.98. The zero-order valence-electron chi connectivity index (χ0n) is 11.7. The van der Waals surface area contributed by atoms with E-state index in [1.54, 1.807) is 31.8 Å². The number of rotatable bonds is 6. The first kappa shape index (κ1) is 14.1. The Morgan fingerprint density at radius 1 is 1.45 bits per heavy atom. The Morgan fingerprint density at radius 3 is 3.00 bits per heavy atom. The van der Waals surface area contributed by atoms with Crippen molar-refractivity contribution in [1.29, 1.82) is 0 Å². The maximum absolute atomic E-state index is 12.2. The molecule has 0 aliphatic heterocycles. The van der Waals surface area contributed by atoms with Crippen molar-refractivity contribution in [2.75, 3.05) is 12.4 Å². The zero-order chi connectivity index (χ0) is 14.4. The second-order valence-corrected chi connectivity index (χ2v) is 4.66. The molecule has 0 saturated heterocycles. The van der Waals surface area contributed by atoms with E-state index in [1.165, 1.54) is 0 Å².